The van der Waals surface area contributed by atoms with Crippen LogP contribution < -0.4 is 10.2 Å². The maximum atomic E-state index is 4.79. The van der Waals surface area contributed by atoms with Gasteiger partial charge in [-0.1, -0.05) is 20.3 Å². The number of nitrogens with zero attached hydrogens (tertiary/aromatic N) is 2. The lowest BCUT2D eigenvalue weighted by Crippen LogP contribution is -2.33. The first kappa shape index (κ1) is 14.8. The van der Waals surface area contributed by atoms with Crippen molar-refractivity contribution < 1.29 is 0 Å². The highest BCUT2D eigenvalue weighted by molar-refractivity contribution is 7.15. The van der Waals surface area contributed by atoms with Crippen LogP contribution in [0.25, 0.3) is 0 Å². The van der Waals surface area contributed by atoms with Gasteiger partial charge in [0, 0.05) is 24.0 Å². The lowest BCUT2D eigenvalue weighted by Gasteiger charge is -2.31. The predicted octanol–water partition coefficient (Wildman–Crippen LogP) is 3.75. The third-order valence-corrected chi connectivity index (χ3v) is 5.59. The molecule has 1 aliphatic heterocycles. The monoisotopic (exact) mass is 281 g/mol. The van der Waals surface area contributed by atoms with Gasteiger partial charge in [0.2, 0.25) is 0 Å². The zero-order valence-corrected chi connectivity index (χ0v) is 13.5. The number of aromatic nitrogens is 1. The van der Waals surface area contributed by atoms with Crippen molar-refractivity contribution in [2.24, 2.45) is 5.92 Å². The lowest BCUT2D eigenvalue weighted by atomic mass is 9.95. The van der Waals surface area contributed by atoms with Crippen molar-refractivity contribution in [3.63, 3.8) is 0 Å². The van der Waals surface area contributed by atoms with Crippen LogP contribution in [0, 0.1) is 12.8 Å². The standard InChI is InChI=1S/C15H27N3S/c1-5-13-7-9-18(10-8-13)15-17-12(4)14(19-15)11(3)16-6-2/h11,13,16H,5-10H2,1-4H3. The van der Waals surface area contributed by atoms with E-state index >= 15 is 0 Å². The first-order valence-corrected chi connectivity index (χ1v) is 8.43. The molecule has 0 aliphatic carbocycles. The number of hydrogen-bond donors (Lipinski definition) is 1. The van der Waals surface area contributed by atoms with Gasteiger partial charge in [-0.05, 0) is 39.2 Å². The van der Waals surface area contributed by atoms with E-state index in [4.69, 9.17) is 4.98 Å². The molecule has 1 aromatic heterocycles. The van der Waals surface area contributed by atoms with Gasteiger partial charge in [0.05, 0.1) is 5.69 Å². The fourth-order valence-electron chi connectivity index (χ4n) is 2.86. The van der Waals surface area contributed by atoms with Crippen molar-refractivity contribution >= 4 is 16.5 Å². The van der Waals surface area contributed by atoms with Gasteiger partial charge in [0.1, 0.15) is 0 Å². The lowest BCUT2D eigenvalue weighted by molar-refractivity contribution is 0.395. The molecule has 0 amide bonds. The number of aryl methyl sites for hydroxylation is 1. The molecule has 0 radical (unpaired) electrons. The second-order valence-electron chi connectivity index (χ2n) is 5.56. The van der Waals surface area contributed by atoms with Crippen LogP contribution >= 0.6 is 11.3 Å². The second kappa shape index (κ2) is 6.71. The van der Waals surface area contributed by atoms with Crippen LogP contribution in [-0.4, -0.2) is 24.6 Å². The van der Waals surface area contributed by atoms with Gasteiger partial charge < -0.3 is 10.2 Å². The Balaban J connectivity index is 2.04. The Kier molecular flexibility index (Phi) is 5.22. The highest BCUT2D eigenvalue weighted by atomic mass is 32.1. The molecule has 0 saturated carbocycles. The summed E-state index contributed by atoms with van der Waals surface area (Å²) in [6.07, 6.45) is 3.98. The summed E-state index contributed by atoms with van der Waals surface area (Å²) < 4.78 is 0. The zero-order valence-electron chi connectivity index (χ0n) is 12.7. The van der Waals surface area contributed by atoms with E-state index in [2.05, 4.69) is 37.9 Å². The zero-order chi connectivity index (χ0) is 13.8. The van der Waals surface area contributed by atoms with Crippen LogP contribution in [-0.2, 0) is 0 Å². The first-order chi connectivity index (χ1) is 9.15. The minimum atomic E-state index is 0.421. The van der Waals surface area contributed by atoms with Crippen molar-refractivity contribution in [1.29, 1.82) is 0 Å². The molecule has 1 unspecified atom stereocenters. The topological polar surface area (TPSA) is 28.2 Å². The molecule has 1 fully saturated rings. The maximum absolute atomic E-state index is 4.79. The molecule has 1 atom stereocenters. The van der Waals surface area contributed by atoms with Crippen LogP contribution in [0.3, 0.4) is 0 Å². The van der Waals surface area contributed by atoms with E-state index in [0.29, 0.717) is 6.04 Å². The molecule has 4 heteroatoms. The molecule has 1 aliphatic rings. The number of nitrogens with one attached hydrogen (secondary N) is 1. The third kappa shape index (κ3) is 3.48. The van der Waals surface area contributed by atoms with Crippen LogP contribution in [0.5, 0.6) is 0 Å². The van der Waals surface area contributed by atoms with Gasteiger partial charge in [-0.3, -0.25) is 0 Å². The molecule has 3 nitrogen and oxygen atoms in total. The average molecular weight is 281 g/mol. The highest BCUT2D eigenvalue weighted by Crippen LogP contribution is 2.33. The molecule has 1 N–H and O–H groups in total. The number of hydrogen-bond acceptors (Lipinski definition) is 4. The summed E-state index contributed by atoms with van der Waals surface area (Å²) in [5.74, 6) is 0.928. The molecule has 108 valence electrons. The van der Waals surface area contributed by atoms with Gasteiger partial charge in [0.15, 0.2) is 5.13 Å². The maximum Gasteiger partial charge on any atom is 0.185 e. The van der Waals surface area contributed by atoms with Crippen molar-refractivity contribution in [2.45, 2.75) is 53.0 Å². The van der Waals surface area contributed by atoms with E-state index in [0.717, 1.165) is 12.5 Å². The molecule has 1 aromatic rings. The van der Waals surface area contributed by atoms with Crippen LogP contribution in [0.15, 0.2) is 0 Å². The fourth-order valence-corrected chi connectivity index (χ4v) is 4.01. The summed E-state index contributed by atoms with van der Waals surface area (Å²) >= 11 is 1.88. The van der Waals surface area contributed by atoms with Gasteiger partial charge >= 0.3 is 0 Å². The molecule has 2 rings (SSSR count). The van der Waals surface area contributed by atoms with Gasteiger partial charge in [0.25, 0.3) is 0 Å². The quantitative estimate of drug-likeness (QED) is 0.891. The number of piperidine rings is 1. The normalized spacial score (nSPS) is 18.8. The Morgan fingerprint density at radius 2 is 2.05 bits per heavy atom. The van der Waals surface area contributed by atoms with Crippen molar-refractivity contribution in [2.75, 3.05) is 24.5 Å². The summed E-state index contributed by atoms with van der Waals surface area (Å²) in [6, 6.07) is 0.421. The highest BCUT2D eigenvalue weighted by Gasteiger charge is 2.22. The molecule has 0 bridgehead atoms. The third-order valence-electron chi connectivity index (χ3n) is 4.19. The van der Waals surface area contributed by atoms with Crippen molar-refractivity contribution in [1.82, 2.24) is 10.3 Å². The van der Waals surface area contributed by atoms with Gasteiger partial charge in [-0.2, -0.15) is 0 Å². The van der Waals surface area contributed by atoms with Gasteiger partial charge in [-0.15, -0.1) is 11.3 Å². The first-order valence-electron chi connectivity index (χ1n) is 7.61. The summed E-state index contributed by atoms with van der Waals surface area (Å²) in [7, 11) is 0. The number of rotatable bonds is 5. The van der Waals surface area contributed by atoms with Crippen LogP contribution in [0.4, 0.5) is 5.13 Å². The Morgan fingerprint density at radius 3 is 2.63 bits per heavy atom. The Bertz CT molecular complexity index is 394. The molecule has 19 heavy (non-hydrogen) atoms. The van der Waals surface area contributed by atoms with E-state index in [9.17, 15) is 0 Å². The summed E-state index contributed by atoms with van der Waals surface area (Å²) in [4.78, 5) is 8.67. The molecular formula is C15H27N3S. The van der Waals surface area contributed by atoms with Crippen molar-refractivity contribution in [3.05, 3.63) is 10.6 Å². The van der Waals surface area contributed by atoms with E-state index in [-0.39, 0.29) is 0 Å². The SMILES string of the molecule is CCNC(C)c1sc(N2CCC(CC)CC2)nc1C. The fraction of sp³-hybridized carbons (Fsp3) is 0.800. The Hall–Kier alpha value is -0.610. The predicted molar refractivity (Wildman–Crippen MR) is 84.2 cm³/mol. The van der Waals surface area contributed by atoms with Crippen LogP contribution in [0.2, 0.25) is 0 Å². The minimum Gasteiger partial charge on any atom is -0.348 e. The van der Waals surface area contributed by atoms with Crippen molar-refractivity contribution in [3.8, 4) is 0 Å². The average Bonchev–Trinajstić information content (AvgIpc) is 2.81. The number of thiazole rings is 1. The number of anilines is 1. The summed E-state index contributed by atoms with van der Waals surface area (Å²) in [5, 5.41) is 4.72. The molecule has 1 saturated heterocycles. The van der Waals surface area contributed by atoms with Crippen LogP contribution in [0.1, 0.15) is 56.6 Å². The minimum absolute atomic E-state index is 0.421. The van der Waals surface area contributed by atoms with E-state index < -0.39 is 0 Å². The largest absolute Gasteiger partial charge is 0.348 e. The van der Waals surface area contributed by atoms with E-state index in [1.807, 2.05) is 11.3 Å². The smallest absolute Gasteiger partial charge is 0.185 e. The summed E-state index contributed by atoms with van der Waals surface area (Å²) in [6.45, 7) is 12.2. The molecule has 2 heterocycles. The molecule has 0 aromatic carbocycles. The Labute approximate surface area is 121 Å². The van der Waals surface area contributed by atoms with Gasteiger partial charge in [-0.25, -0.2) is 4.98 Å². The Morgan fingerprint density at radius 1 is 1.37 bits per heavy atom. The summed E-state index contributed by atoms with van der Waals surface area (Å²) in [5.41, 5.74) is 1.20. The molecular weight excluding hydrogens is 254 g/mol. The second-order valence-corrected chi connectivity index (χ2v) is 6.57. The van der Waals surface area contributed by atoms with E-state index in [1.54, 1.807) is 0 Å². The molecule has 0 spiro atoms. The van der Waals surface area contributed by atoms with E-state index in [1.165, 1.54) is 48.1 Å².